The van der Waals surface area contributed by atoms with Crippen LogP contribution in [0.25, 0.3) is 0 Å². The molecule has 0 aliphatic carbocycles. The Labute approximate surface area is 126 Å². The van der Waals surface area contributed by atoms with E-state index in [1.54, 1.807) is 11.8 Å². The fourth-order valence-electron chi connectivity index (χ4n) is 0.446. The zero-order valence-electron chi connectivity index (χ0n) is 11.6. The summed E-state index contributed by atoms with van der Waals surface area (Å²) in [4.78, 5) is 29.0. The van der Waals surface area contributed by atoms with Crippen LogP contribution >= 0.6 is 11.8 Å². The summed E-state index contributed by atoms with van der Waals surface area (Å²) >= 11 is 1.60. The van der Waals surface area contributed by atoms with Crippen molar-refractivity contribution < 1.29 is 34.8 Å². The van der Waals surface area contributed by atoms with Crippen LogP contribution in [0, 0.1) is 0 Å². The first-order chi connectivity index (χ1) is 9.63. The van der Waals surface area contributed by atoms with E-state index in [1.807, 2.05) is 6.26 Å². The normalized spacial score (nSPS) is 11.9. The van der Waals surface area contributed by atoms with Gasteiger partial charge in [0.05, 0.1) is 13.2 Å². The van der Waals surface area contributed by atoms with E-state index in [0.717, 1.165) is 5.75 Å². The molecule has 0 aliphatic heterocycles. The fourth-order valence-corrected chi connectivity index (χ4v) is 0.936. The standard InChI is InChI=1S/C5H11NO2S.C3H7NO3.C2H5NO2/c1-9-3-2-4(6)5(7)8;4-2(1-5)3(6)7;3-1-2(4)5/h4H,2-3,6H2,1H3,(H,7,8);2,5H,1,4H2,(H,6,7);1,3H2,(H,4,5)/t;2-;/m.0./s1. The van der Waals surface area contributed by atoms with Crippen molar-refractivity contribution in [2.45, 2.75) is 18.5 Å². The maximum atomic E-state index is 10.1. The van der Waals surface area contributed by atoms with Gasteiger partial charge in [-0.3, -0.25) is 14.4 Å². The molecule has 0 rings (SSSR count). The van der Waals surface area contributed by atoms with Crippen molar-refractivity contribution in [3.8, 4) is 0 Å². The third kappa shape index (κ3) is 24.0. The summed E-state index contributed by atoms with van der Waals surface area (Å²) < 4.78 is 0. The molecule has 11 heteroatoms. The van der Waals surface area contributed by atoms with E-state index >= 15 is 0 Å². The molecular formula is C10H23N3O7S. The summed E-state index contributed by atoms with van der Waals surface area (Å²) in [6, 6.07) is -1.81. The Morgan fingerprint density at radius 1 is 1.05 bits per heavy atom. The van der Waals surface area contributed by atoms with Gasteiger partial charge in [-0.1, -0.05) is 0 Å². The van der Waals surface area contributed by atoms with Crippen molar-refractivity contribution in [2.24, 2.45) is 17.2 Å². The van der Waals surface area contributed by atoms with Crippen molar-refractivity contribution in [3.05, 3.63) is 0 Å². The largest absolute Gasteiger partial charge is 0.480 e. The lowest BCUT2D eigenvalue weighted by molar-refractivity contribution is -0.140. The molecule has 126 valence electrons. The minimum atomic E-state index is -1.18. The van der Waals surface area contributed by atoms with Crippen LogP contribution in [0.5, 0.6) is 0 Å². The smallest absolute Gasteiger partial charge is 0.322 e. The summed E-state index contributed by atoms with van der Waals surface area (Å²) in [5, 5.41) is 31.8. The lowest BCUT2D eigenvalue weighted by atomic mass is 10.2. The predicted octanol–water partition coefficient (Wildman–Crippen LogP) is -2.43. The highest BCUT2D eigenvalue weighted by atomic mass is 32.2. The minimum Gasteiger partial charge on any atom is -0.480 e. The van der Waals surface area contributed by atoms with Gasteiger partial charge in [-0.2, -0.15) is 11.8 Å². The molecule has 0 fully saturated rings. The number of carboxylic acid groups (broad SMARTS) is 3. The molecule has 0 amide bonds. The summed E-state index contributed by atoms with van der Waals surface area (Å²) in [7, 11) is 0. The molecule has 0 radical (unpaired) electrons. The molecule has 10 nitrogen and oxygen atoms in total. The van der Waals surface area contributed by atoms with Gasteiger partial charge >= 0.3 is 17.9 Å². The summed E-state index contributed by atoms with van der Waals surface area (Å²) in [6.45, 7) is -0.782. The van der Waals surface area contributed by atoms with Crippen LogP contribution in [-0.4, -0.2) is 75.6 Å². The molecule has 0 saturated heterocycles. The number of hydrogen-bond acceptors (Lipinski definition) is 8. The van der Waals surface area contributed by atoms with Crippen LogP contribution in [0.15, 0.2) is 0 Å². The second-order valence-electron chi connectivity index (χ2n) is 3.45. The number of hydrogen-bond donors (Lipinski definition) is 7. The van der Waals surface area contributed by atoms with Gasteiger partial charge in [0.25, 0.3) is 0 Å². The molecule has 0 aromatic rings. The Morgan fingerprint density at radius 2 is 1.43 bits per heavy atom. The topological polar surface area (TPSA) is 210 Å². The number of aliphatic carboxylic acids is 3. The van der Waals surface area contributed by atoms with E-state index in [9.17, 15) is 14.4 Å². The Balaban J connectivity index is -0.000000242. The second kappa shape index (κ2) is 16.7. The van der Waals surface area contributed by atoms with Crippen LogP contribution in [0.3, 0.4) is 0 Å². The molecule has 1 unspecified atom stereocenters. The number of carboxylic acids is 3. The fraction of sp³-hybridized carbons (Fsp3) is 0.700. The Hall–Kier alpha value is -1.40. The van der Waals surface area contributed by atoms with E-state index in [0.29, 0.717) is 6.42 Å². The quantitative estimate of drug-likeness (QED) is 0.261. The van der Waals surface area contributed by atoms with Gasteiger partial charge in [0.1, 0.15) is 12.1 Å². The van der Waals surface area contributed by atoms with E-state index < -0.39 is 36.6 Å². The minimum absolute atomic E-state index is 0.278. The van der Waals surface area contributed by atoms with Gasteiger partial charge in [0, 0.05) is 0 Å². The summed E-state index contributed by atoms with van der Waals surface area (Å²) in [5.74, 6) is -2.25. The van der Waals surface area contributed by atoms with Crippen molar-refractivity contribution in [3.63, 3.8) is 0 Å². The molecule has 0 aliphatic rings. The lowest BCUT2D eigenvalue weighted by Crippen LogP contribution is -2.33. The first kappa shape index (κ1) is 24.6. The third-order valence-corrected chi connectivity index (χ3v) is 2.28. The molecule has 0 bridgehead atoms. The van der Waals surface area contributed by atoms with Crippen LogP contribution in [0.4, 0.5) is 0 Å². The van der Waals surface area contributed by atoms with Crippen LogP contribution < -0.4 is 17.2 Å². The number of carbonyl (C=O) groups is 3. The molecule has 0 aromatic heterocycles. The SMILES string of the molecule is CSCCC(N)C(=O)O.NCC(=O)O.N[C@@H](CO)C(=O)O. The van der Waals surface area contributed by atoms with Crippen molar-refractivity contribution >= 4 is 29.7 Å². The molecule has 2 atom stereocenters. The zero-order chi connectivity index (χ0) is 17.4. The van der Waals surface area contributed by atoms with E-state index in [-0.39, 0.29) is 6.54 Å². The molecule has 0 spiro atoms. The van der Waals surface area contributed by atoms with E-state index in [4.69, 9.17) is 31.9 Å². The van der Waals surface area contributed by atoms with Gasteiger partial charge in [-0.25, -0.2) is 0 Å². The van der Waals surface area contributed by atoms with E-state index in [2.05, 4.69) is 5.73 Å². The molecule has 10 N–H and O–H groups in total. The Kier molecular flexibility index (Phi) is 19.5. The number of rotatable bonds is 7. The first-order valence-electron chi connectivity index (χ1n) is 5.62. The highest BCUT2D eigenvalue weighted by molar-refractivity contribution is 7.98. The van der Waals surface area contributed by atoms with Crippen molar-refractivity contribution in [1.82, 2.24) is 0 Å². The van der Waals surface area contributed by atoms with Gasteiger partial charge in [0.2, 0.25) is 0 Å². The average molecular weight is 329 g/mol. The van der Waals surface area contributed by atoms with E-state index in [1.165, 1.54) is 0 Å². The third-order valence-electron chi connectivity index (χ3n) is 1.64. The monoisotopic (exact) mass is 329 g/mol. The highest BCUT2D eigenvalue weighted by Gasteiger charge is 2.09. The van der Waals surface area contributed by atoms with Crippen LogP contribution in [0.1, 0.15) is 6.42 Å². The van der Waals surface area contributed by atoms with Crippen molar-refractivity contribution in [1.29, 1.82) is 0 Å². The Morgan fingerprint density at radius 3 is 1.57 bits per heavy atom. The number of nitrogens with two attached hydrogens (primary N) is 3. The Bertz CT molecular complexity index is 304. The maximum absolute atomic E-state index is 10.1. The summed E-state index contributed by atoms with van der Waals surface area (Å²) in [5.41, 5.74) is 14.5. The molecule has 21 heavy (non-hydrogen) atoms. The predicted molar refractivity (Wildman–Crippen MR) is 78.0 cm³/mol. The first-order valence-corrected chi connectivity index (χ1v) is 7.01. The highest BCUT2D eigenvalue weighted by Crippen LogP contribution is 1.97. The number of aliphatic hydroxyl groups excluding tert-OH is 1. The zero-order valence-corrected chi connectivity index (χ0v) is 12.5. The van der Waals surface area contributed by atoms with Crippen LogP contribution in [0.2, 0.25) is 0 Å². The second-order valence-corrected chi connectivity index (χ2v) is 4.44. The summed E-state index contributed by atoms with van der Waals surface area (Å²) in [6.07, 6.45) is 2.48. The molecule has 0 aromatic carbocycles. The number of thioether (sulfide) groups is 1. The molecule has 0 heterocycles. The molecule has 0 saturated carbocycles. The van der Waals surface area contributed by atoms with Gasteiger partial charge in [-0.15, -0.1) is 0 Å². The maximum Gasteiger partial charge on any atom is 0.322 e. The van der Waals surface area contributed by atoms with Crippen molar-refractivity contribution in [2.75, 3.05) is 25.2 Å². The van der Waals surface area contributed by atoms with Gasteiger partial charge in [-0.05, 0) is 18.4 Å². The van der Waals surface area contributed by atoms with Gasteiger partial charge < -0.3 is 37.6 Å². The lowest BCUT2D eigenvalue weighted by Gasteiger charge is -2.02. The average Bonchev–Trinajstić information content (AvgIpc) is 2.44. The van der Waals surface area contributed by atoms with Gasteiger partial charge in [0.15, 0.2) is 0 Å². The van der Waals surface area contributed by atoms with Crippen LogP contribution in [-0.2, 0) is 14.4 Å². The number of aliphatic hydroxyl groups is 1. The molecular weight excluding hydrogens is 306 g/mol.